The molecule has 0 aromatic heterocycles. The van der Waals surface area contributed by atoms with Gasteiger partial charge < -0.3 is 9.05 Å². The van der Waals surface area contributed by atoms with Crippen LogP contribution in [0.3, 0.4) is 0 Å². The second kappa shape index (κ2) is 4.56. The normalized spacial score (nSPS) is 11.5. The summed E-state index contributed by atoms with van der Waals surface area (Å²) in [6, 6.07) is 10.1. The summed E-state index contributed by atoms with van der Waals surface area (Å²) < 4.78 is 21.3. The van der Waals surface area contributed by atoms with E-state index in [2.05, 4.69) is 6.07 Å². The van der Waals surface area contributed by atoms with E-state index >= 15 is 0 Å². The van der Waals surface area contributed by atoms with Gasteiger partial charge >= 0.3 is 7.60 Å². The van der Waals surface area contributed by atoms with Crippen LogP contribution in [-0.4, -0.2) is 14.2 Å². The van der Waals surface area contributed by atoms with Gasteiger partial charge in [0.05, 0.1) is 6.16 Å². The SMILES string of the molecule is COP(=O)(Cc1cc[c]cc1)OC. The third kappa shape index (κ3) is 2.96. The molecule has 0 saturated carbocycles. The maximum atomic E-state index is 11.7. The fourth-order valence-corrected chi connectivity index (χ4v) is 2.02. The van der Waals surface area contributed by atoms with Crippen molar-refractivity contribution in [1.29, 1.82) is 0 Å². The maximum Gasteiger partial charge on any atom is 0.334 e. The predicted molar refractivity (Wildman–Crippen MR) is 50.6 cm³/mol. The minimum Gasteiger partial charge on any atom is -0.312 e. The van der Waals surface area contributed by atoms with Crippen LogP contribution in [0.1, 0.15) is 5.56 Å². The van der Waals surface area contributed by atoms with Crippen molar-refractivity contribution in [3.63, 3.8) is 0 Å². The van der Waals surface area contributed by atoms with Crippen LogP contribution in [0.25, 0.3) is 0 Å². The summed E-state index contributed by atoms with van der Waals surface area (Å²) in [7, 11) is -0.140. The first-order valence-corrected chi connectivity index (χ1v) is 5.58. The van der Waals surface area contributed by atoms with E-state index in [1.165, 1.54) is 14.2 Å². The number of hydrogen-bond acceptors (Lipinski definition) is 3. The Bertz CT molecular complexity index is 289. The van der Waals surface area contributed by atoms with Gasteiger partial charge in [-0.2, -0.15) is 0 Å². The van der Waals surface area contributed by atoms with Crippen molar-refractivity contribution in [2.24, 2.45) is 0 Å². The van der Waals surface area contributed by atoms with Crippen molar-refractivity contribution < 1.29 is 13.6 Å². The second-order valence-corrected chi connectivity index (χ2v) is 4.81. The van der Waals surface area contributed by atoms with E-state index in [9.17, 15) is 4.57 Å². The Labute approximate surface area is 78.2 Å². The van der Waals surface area contributed by atoms with Gasteiger partial charge in [-0.05, 0) is 11.6 Å². The lowest BCUT2D eigenvalue weighted by atomic mass is 10.2. The van der Waals surface area contributed by atoms with Gasteiger partial charge in [-0.3, -0.25) is 4.57 Å². The van der Waals surface area contributed by atoms with Crippen LogP contribution in [0.2, 0.25) is 0 Å². The Morgan fingerprint density at radius 3 is 2.31 bits per heavy atom. The van der Waals surface area contributed by atoms with Crippen LogP contribution in [0.15, 0.2) is 24.3 Å². The third-order valence-corrected chi connectivity index (χ3v) is 3.58. The highest BCUT2D eigenvalue weighted by Gasteiger charge is 2.20. The molecule has 0 fully saturated rings. The summed E-state index contributed by atoms with van der Waals surface area (Å²) in [5, 5.41) is 0. The van der Waals surface area contributed by atoms with E-state index in [1.807, 2.05) is 12.1 Å². The van der Waals surface area contributed by atoms with Gasteiger partial charge in [0.2, 0.25) is 0 Å². The summed E-state index contributed by atoms with van der Waals surface area (Å²) in [5.41, 5.74) is 0.922. The Morgan fingerprint density at radius 2 is 1.85 bits per heavy atom. The van der Waals surface area contributed by atoms with Gasteiger partial charge in [-0.15, -0.1) is 0 Å². The van der Waals surface area contributed by atoms with E-state index in [1.54, 1.807) is 12.1 Å². The smallest absolute Gasteiger partial charge is 0.312 e. The van der Waals surface area contributed by atoms with Crippen molar-refractivity contribution >= 4 is 7.60 Å². The molecule has 1 aromatic carbocycles. The predicted octanol–water partition coefficient (Wildman–Crippen LogP) is 2.47. The van der Waals surface area contributed by atoms with E-state index in [0.717, 1.165) is 5.56 Å². The van der Waals surface area contributed by atoms with Crippen molar-refractivity contribution in [2.75, 3.05) is 14.2 Å². The van der Waals surface area contributed by atoms with E-state index < -0.39 is 7.60 Å². The highest BCUT2D eigenvalue weighted by atomic mass is 31.2. The topological polar surface area (TPSA) is 35.5 Å². The zero-order valence-corrected chi connectivity index (χ0v) is 8.58. The van der Waals surface area contributed by atoms with Crippen LogP contribution in [-0.2, 0) is 19.8 Å². The average molecular weight is 199 g/mol. The minimum atomic E-state index is -2.92. The van der Waals surface area contributed by atoms with Crippen LogP contribution < -0.4 is 0 Å². The van der Waals surface area contributed by atoms with Crippen LogP contribution in [0.4, 0.5) is 0 Å². The summed E-state index contributed by atoms with van der Waals surface area (Å²) in [6.45, 7) is 0. The molecule has 1 aromatic rings. The van der Waals surface area contributed by atoms with Crippen molar-refractivity contribution in [3.05, 3.63) is 35.9 Å². The van der Waals surface area contributed by atoms with Crippen LogP contribution >= 0.6 is 7.60 Å². The zero-order valence-electron chi connectivity index (χ0n) is 7.69. The third-order valence-electron chi connectivity index (χ3n) is 1.72. The van der Waals surface area contributed by atoms with Gasteiger partial charge in [0.25, 0.3) is 0 Å². The number of rotatable bonds is 4. The van der Waals surface area contributed by atoms with Crippen LogP contribution in [0.5, 0.6) is 0 Å². The molecule has 3 nitrogen and oxygen atoms in total. The molecule has 0 aliphatic carbocycles. The van der Waals surface area contributed by atoms with Crippen molar-refractivity contribution in [2.45, 2.75) is 6.16 Å². The molecule has 0 bridgehead atoms. The Kier molecular flexibility index (Phi) is 3.67. The molecule has 71 valence electrons. The molecule has 0 aliphatic rings. The lowest BCUT2D eigenvalue weighted by Gasteiger charge is -2.12. The first-order chi connectivity index (χ1) is 6.20. The molecule has 1 rings (SSSR count). The minimum absolute atomic E-state index is 0.300. The van der Waals surface area contributed by atoms with E-state index in [-0.39, 0.29) is 0 Å². The molecule has 0 aliphatic heterocycles. The van der Waals surface area contributed by atoms with E-state index in [4.69, 9.17) is 9.05 Å². The summed E-state index contributed by atoms with van der Waals surface area (Å²) in [5.74, 6) is 0. The quantitative estimate of drug-likeness (QED) is 0.699. The molecule has 1 radical (unpaired) electrons. The summed E-state index contributed by atoms with van der Waals surface area (Å²) in [6.07, 6.45) is 0.300. The Morgan fingerprint density at radius 1 is 1.31 bits per heavy atom. The summed E-state index contributed by atoms with van der Waals surface area (Å²) in [4.78, 5) is 0. The highest BCUT2D eigenvalue weighted by molar-refractivity contribution is 7.52. The zero-order chi connectivity index (χ0) is 9.73. The molecule has 0 heterocycles. The maximum absolute atomic E-state index is 11.7. The van der Waals surface area contributed by atoms with Crippen LogP contribution in [0, 0.1) is 6.07 Å². The van der Waals surface area contributed by atoms with Gasteiger partial charge in [0, 0.05) is 14.2 Å². The molecule has 0 saturated heterocycles. The molecule has 4 heteroatoms. The first kappa shape index (κ1) is 10.5. The average Bonchev–Trinajstić information content (AvgIpc) is 2.19. The molecular weight excluding hydrogens is 187 g/mol. The lowest BCUT2D eigenvalue weighted by Crippen LogP contribution is -1.92. The van der Waals surface area contributed by atoms with Gasteiger partial charge in [0.15, 0.2) is 0 Å². The molecule has 0 unspecified atom stereocenters. The Balaban J connectivity index is 2.74. The molecule has 0 N–H and O–H groups in total. The fourth-order valence-electron chi connectivity index (χ4n) is 0.954. The second-order valence-electron chi connectivity index (χ2n) is 2.54. The number of hydrogen-bond donors (Lipinski definition) is 0. The molecule has 0 spiro atoms. The van der Waals surface area contributed by atoms with Gasteiger partial charge in [-0.1, -0.05) is 24.3 Å². The Hall–Kier alpha value is -0.630. The highest BCUT2D eigenvalue weighted by Crippen LogP contribution is 2.49. The molecular formula is C9H12O3P. The molecule has 0 atom stereocenters. The lowest BCUT2D eigenvalue weighted by molar-refractivity contribution is 0.275. The van der Waals surface area contributed by atoms with Crippen molar-refractivity contribution in [3.8, 4) is 0 Å². The fraction of sp³-hybridized carbons (Fsp3) is 0.333. The van der Waals surface area contributed by atoms with E-state index in [0.29, 0.717) is 6.16 Å². The molecule has 0 amide bonds. The van der Waals surface area contributed by atoms with Gasteiger partial charge in [-0.25, -0.2) is 0 Å². The monoisotopic (exact) mass is 199 g/mol. The van der Waals surface area contributed by atoms with Gasteiger partial charge in [0.1, 0.15) is 0 Å². The van der Waals surface area contributed by atoms with Crippen molar-refractivity contribution in [1.82, 2.24) is 0 Å². The first-order valence-electron chi connectivity index (χ1n) is 3.86. The molecule has 13 heavy (non-hydrogen) atoms. The standard InChI is InChI=1S/C9H12O3P/c1-11-13(10,12-2)8-9-6-4-3-5-7-9/h4-7H,8H2,1-2H3. The summed E-state index contributed by atoms with van der Waals surface area (Å²) >= 11 is 0. The number of benzene rings is 1. The largest absolute Gasteiger partial charge is 0.334 e.